The van der Waals surface area contributed by atoms with Gasteiger partial charge in [0.25, 0.3) is 5.56 Å². The molecular formula is C18H15FN2O2. The highest BCUT2D eigenvalue weighted by Crippen LogP contribution is 2.15. The van der Waals surface area contributed by atoms with Gasteiger partial charge < -0.3 is 4.57 Å². The van der Waals surface area contributed by atoms with E-state index in [-0.39, 0.29) is 17.2 Å². The van der Waals surface area contributed by atoms with Gasteiger partial charge in [0, 0.05) is 31.9 Å². The first-order valence-electron chi connectivity index (χ1n) is 7.18. The molecule has 0 saturated heterocycles. The maximum absolute atomic E-state index is 13.0. The van der Waals surface area contributed by atoms with Gasteiger partial charge in [0.1, 0.15) is 5.82 Å². The monoisotopic (exact) mass is 310 g/mol. The maximum Gasteiger partial charge on any atom is 0.255 e. The summed E-state index contributed by atoms with van der Waals surface area (Å²) >= 11 is 0. The summed E-state index contributed by atoms with van der Waals surface area (Å²) in [6.07, 6.45) is 3.41. The average Bonchev–Trinajstić information content (AvgIpc) is 2.94. The molecule has 0 N–H and O–H groups in total. The van der Waals surface area contributed by atoms with Gasteiger partial charge in [0.15, 0.2) is 5.78 Å². The minimum atomic E-state index is -0.301. The molecule has 0 radical (unpaired) electrons. The Morgan fingerprint density at radius 2 is 1.87 bits per heavy atom. The molecule has 0 saturated carbocycles. The third-order valence-electron chi connectivity index (χ3n) is 3.61. The summed E-state index contributed by atoms with van der Waals surface area (Å²) in [4.78, 5) is 23.8. The lowest BCUT2D eigenvalue weighted by atomic mass is 10.2. The highest BCUT2D eigenvalue weighted by atomic mass is 19.1. The number of carbonyl (C=O) groups excluding carboxylic acids is 1. The van der Waals surface area contributed by atoms with Crippen LogP contribution in [0.15, 0.2) is 65.7 Å². The van der Waals surface area contributed by atoms with Gasteiger partial charge in [0.2, 0.25) is 0 Å². The predicted octanol–water partition coefficient (Wildman–Crippen LogP) is 3.03. The van der Waals surface area contributed by atoms with Crippen molar-refractivity contribution in [2.45, 2.75) is 13.5 Å². The second kappa shape index (κ2) is 6.04. The van der Waals surface area contributed by atoms with Crippen LogP contribution in [0.3, 0.4) is 0 Å². The standard InChI is InChI=1S/C18H15FN2O2/c1-13(22)17-10-16(21-9-3-2-4-18(21)23)12-20(17)11-14-5-7-15(19)8-6-14/h2-10,12H,11H2,1H3. The lowest BCUT2D eigenvalue weighted by Gasteiger charge is -2.07. The van der Waals surface area contributed by atoms with E-state index in [1.807, 2.05) is 0 Å². The number of halogens is 1. The third-order valence-corrected chi connectivity index (χ3v) is 3.61. The van der Waals surface area contributed by atoms with Crippen LogP contribution in [0, 0.1) is 5.82 Å². The van der Waals surface area contributed by atoms with E-state index in [9.17, 15) is 14.0 Å². The fourth-order valence-corrected chi connectivity index (χ4v) is 2.48. The molecule has 0 amide bonds. The average molecular weight is 310 g/mol. The van der Waals surface area contributed by atoms with Crippen LogP contribution < -0.4 is 5.56 Å². The second-order valence-corrected chi connectivity index (χ2v) is 5.30. The Morgan fingerprint density at radius 3 is 2.52 bits per heavy atom. The SMILES string of the molecule is CC(=O)c1cc(-n2ccccc2=O)cn1Cc1ccc(F)cc1. The highest BCUT2D eigenvalue weighted by Gasteiger charge is 2.12. The number of ketones is 1. The quantitative estimate of drug-likeness (QED) is 0.695. The zero-order valence-electron chi connectivity index (χ0n) is 12.6. The van der Waals surface area contributed by atoms with Crippen molar-refractivity contribution in [3.05, 3.63) is 88.4 Å². The molecule has 0 atom stereocenters. The van der Waals surface area contributed by atoms with Gasteiger partial charge in [-0.05, 0) is 29.8 Å². The topological polar surface area (TPSA) is 44.0 Å². The summed E-state index contributed by atoms with van der Waals surface area (Å²) < 4.78 is 16.3. The summed E-state index contributed by atoms with van der Waals surface area (Å²) in [6.45, 7) is 1.91. The molecule has 1 aromatic carbocycles. The minimum absolute atomic E-state index is 0.0951. The molecule has 5 heteroatoms. The lowest BCUT2D eigenvalue weighted by molar-refractivity contribution is 0.100. The molecule has 0 aliphatic rings. The van der Waals surface area contributed by atoms with E-state index in [2.05, 4.69) is 0 Å². The first-order chi connectivity index (χ1) is 11.0. The zero-order valence-corrected chi connectivity index (χ0v) is 12.6. The molecule has 3 rings (SSSR count). The zero-order chi connectivity index (χ0) is 16.4. The summed E-state index contributed by atoms with van der Waals surface area (Å²) in [5, 5.41) is 0. The van der Waals surface area contributed by atoms with Gasteiger partial charge in [0.05, 0.1) is 11.4 Å². The number of aromatic nitrogens is 2. The van der Waals surface area contributed by atoms with Crippen molar-refractivity contribution in [3.63, 3.8) is 0 Å². The first kappa shape index (κ1) is 15.0. The molecule has 3 aromatic rings. The molecule has 0 fully saturated rings. The molecule has 2 aromatic heterocycles. The maximum atomic E-state index is 13.0. The van der Waals surface area contributed by atoms with Gasteiger partial charge in [-0.2, -0.15) is 0 Å². The summed E-state index contributed by atoms with van der Waals surface area (Å²) in [7, 11) is 0. The van der Waals surface area contributed by atoms with Crippen molar-refractivity contribution >= 4 is 5.78 Å². The Morgan fingerprint density at radius 1 is 1.13 bits per heavy atom. The van der Waals surface area contributed by atoms with Crippen LogP contribution >= 0.6 is 0 Å². The second-order valence-electron chi connectivity index (χ2n) is 5.30. The smallest absolute Gasteiger partial charge is 0.255 e. The summed E-state index contributed by atoms with van der Waals surface area (Å²) in [5.41, 5.74) is 1.83. The van der Waals surface area contributed by atoms with Gasteiger partial charge in [-0.15, -0.1) is 0 Å². The van der Waals surface area contributed by atoms with Crippen molar-refractivity contribution in [1.29, 1.82) is 0 Å². The van der Waals surface area contributed by atoms with E-state index >= 15 is 0 Å². The van der Waals surface area contributed by atoms with Crippen molar-refractivity contribution in [3.8, 4) is 5.69 Å². The Kier molecular flexibility index (Phi) is 3.93. The van der Waals surface area contributed by atoms with Crippen LogP contribution in [0.2, 0.25) is 0 Å². The van der Waals surface area contributed by atoms with E-state index in [1.54, 1.807) is 47.3 Å². The van der Waals surface area contributed by atoms with Crippen LogP contribution in [0.5, 0.6) is 0 Å². The van der Waals surface area contributed by atoms with E-state index in [1.165, 1.54) is 29.7 Å². The fourth-order valence-electron chi connectivity index (χ4n) is 2.48. The number of Topliss-reactive ketones (excluding diaryl/α,β-unsaturated/α-hetero) is 1. The van der Waals surface area contributed by atoms with E-state index < -0.39 is 0 Å². The Balaban J connectivity index is 2.03. The molecule has 0 bridgehead atoms. The molecule has 0 aliphatic carbocycles. The van der Waals surface area contributed by atoms with Crippen molar-refractivity contribution < 1.29 is 9.18 Å². The van der Waals surface area contributed by atoms with Crippen molar-refractivity contribution in [1.82, 2.24) is 9.13 Å². The molecule has 2 heterocycles. The number of benzene rings is 1. The number of hydrogen-bond donors (Lipinski definition) is 0. The van der Waals surface area contributed by atoms with Gasteiger partial charge in [-0.25, -0.2) is 4.39 Å². The molecule has 0 aliphatic heterocycles. The van der Waals surface area contributed by atoms with E-state index in [0.29, 0.717) is 17.9 Å². The molecular weight excluding hydrogens is 295 g/mol. The lowest BCUT2D eigenvalue weighted by Crippen LogP contribution is -2.14. The molecule has 23 heavy (non-hydrogen) atoms. The minimum Gasteiger partial charge on any atom is -0.339 e. The summed E-state index contributed by atoms with van der Waals surface area (Å²) in [5.74, 6) is -0.396. The number of pyridine rings is 1. The molecule has 0 spiro atoms. The molecule has 116 valence electrons. The first-order valence-corrected chi connectivity index (χ1v) is 7.18. The van der Waals surface area contributed by atoms with Crippen LogP contribution in [-0.4, -0.2) is 14.9 Å². The number of carbonyl (C=O) groups is 1. The predicted molar refractivity (Wildman–Crippen MR) is 85.5 cm³/mol. The van der Waals surface area contributed by atoms with Gasteiger partial charge in [-0.1, -0.05) is 18.2 Å². The Hall–Kier alpha value is -2.95. The number of hydrogen-bond acceptors (Lipinski definition) is 2. The number of nitrogens with zero attached hydrogens (tertiary/aromatic N) is 2. The van der Waals surface area contributed by atoms with Crippen molar-refractivity contribution in [2.75, 3.05) is 0 Å². The largest absolute Gasteiger partial charge is 0.339 e. The van der Waals surface area contributed by atoms with Gasteiger partial charge in [-0.3, -0.25) is 14.2 Å². The van der Waals surface area contributed by atoms with Crippen LogP contribution in [-0.2, 0) is 6.54 Å². The van der Waals surface area contributed by atoms with Crippen molar-refractivity contribution in [2.24, 2.45) is 0 Å². The van der Waals surface area contributed by atoms with Crippen LogP contribution in [0.4, 0.5) is 4.39 Å². The van der Waals surface area contributed by atoms with E-state index in [4.69, 9.17) is 0 Å². The molecule has 0 unspecified atom stereocenters. The van der Waals surface area contributed by atoms with Crippen LogP contribution in [0.1, 0.15) is 23.0 Å². The van der Waals surface area contributed by atoms with Crippen LogP contribution in [0.25, 0.3) is 5.69 Å². The van der Waals surface area contributed by atoms with Gasteiger partial charge >= 0.3 is 0 Å². The third kappa shape index (κ3) is 3.13. The number of rotatable bonds is 4. The Bertz CT molecular complexity index is 907. The fraction of sp³-hybridized carbons (Fsp3) is 0.111. The normalized spacial score (nSPS) is 10.7. The molecule has 4 nitrogen and oxygen atoms in total. The highest BCUT2D eigenvalue weighted by molar-refractivity contribution is 5.93. The van der Waals surface area contributed by atoms with E-state index in [0.717, 1.165) is 5.56 Å². The Labute approximate surface area is 132 Å². The summed E-state index contributed by atoms with van der Waals surface area (Å²) in [6, 6.07) is 12.7.